The van der Waals surface area contributed by atoms with Gasteiger partial charge in [-0.05, 0) is 31.7 Å². The molecule has 0 saturated carbocycles. The lowest BCUT2D eigenvalue weighted by Crippen LogP contribution is -2.29. The van der Waals surface area contributed by atoms with Crippen LogP contribution in [-0.4, -0.2) is 20.1 Å². The van der Waals surface area contributed by atoms with Crippen molar-refractivity contribution in [2.24, 2.45) is 0 Å². The predicted molar refractivity (Wildman–Crippen MR) is 80.6 cm³/mol. The number of sulfonamides is 1. The van der Waals surface area contributed by atoms with Crippen LogP contribution in [0.4, 0.5) is 0 Å². The number of aromatic nitrogens is 1. The van der Waals surface area contributed by atoms with Crippen molar-refractivity contribution in [3.8, 4) is 0 Å². The third-order valence-corrected chi connectivity index (χ3v) is 5.19. The molecule has 1 N–H and O–H groups in total. The van der Waals surface area contributed by atoms with Crippen molar-refractivity contribution in [2.75, 3.05) is 6.54 Å². The molecule has 0 bridgehead atoms. The number of benzene rings is 1. The molecule has 1 aromatic carbocycles. The Balaban J connectivity index is 2.15. The van der Waals surface area contributed by atoms with Crippen LogP contribution in [0.3, 0.4) is 0 Å². The summed E-state index contributed by atoms with van der Waals surface area (Å²) in [5.74, 6) is 0.453. The zero-order valence-electron chi connectivity index (χ0n) is 12.5. The summed E-state index contributed by atoms with van der Waals surface area (Å²) in [6.45, 7) is 5.62. The summed E-state index contributed by atoms with van der Waals surface area (Å²) in [6.07, 6.45) is 0.855. The minimum atomic E-state index is -3.60. The van der Waals surface area contributed by atoms with Crippen molar-refractivity contribution in [3.63, 3.8) is 0 Å². The topological polar surface area (TPSA) is 72.2 Å². The van der Waals surface area contributed by atoms with Crippen LogP contribution in [0.2, 0.25) is 0 Å². The molecule has 1 unspecified atom stereocenters. The highest BCUT2D eigenvalue weighted by Crippen LogP contribution is 2.21. The van der Waals surface area contributed by atoms with E-state index in [0.717, 1.165) is 12.0 Å². The van der Waals surface area contributed by atoms with Crippen LogP contribution in [0.15, 0.2) is 39.8 Å². The van der Waals surface area contributed by atoms with Gasteiger partial charge in [0.2, 0.25) is 10.0 Å². The molecule has 1 heterocycles. The SMILES string of the molecule is CCC(CNS(=O)(=O)c1c(C)noc1C)c1ccccc1. The Morgan fingerprint density at radius 3 is 2.43 bits per heavy atom. The van der Waals surface area contributed by atoms with Crippen LogP contribution in [0.5, 0.6) is 0 Å². The fourth-order valence-electron chi connectivity index (χ4n) is 2.36. The normalized spacial score (nSPS) is 13.3. The average molecular weight is 308 g/mol. The van der Waals surface area contributed by atoms with Gasteiger partial charge in [0.05, 0.1) is 0 Å². The first kappa shape index (κ1) is 15.7. The molecular formula is C15H20N2O3S. The molecule has 0 aliphatic rings. The number of rotatable bonds is 6. The van der Waals surface area contributed by atoms with Gasteiger partial charge in [0.15, 0.2) is 5.76 Å². The fourth-order valence-corrected chi connectivity index (χ4v) is 3.77. The van der Waals surface area contributed by atoms with Gasteiger partial charge in [0.25, 0.3) is 0 Å². The summed E-state index contributed by atoms with van der Waals surface area (Å²) in [7, 11) is -3.60. The van der Waals surface area contributed by atoms with Gasteiger partial charge in [0.1, 0.15) is 10.6 Å². The lowest BCUT2D eigenvalue weighted by atomic mass is 9.97. The Morgan fingerprint density at radius 2 is 1.90 bits per heavy atom. The third kappa shape index (κ3) is 3.51. The van der Waals surface area contributed by atoms with Gasteiger partial charge in [-0.25, -0.2) is 13.1 Å². The van der Waals surface area contributed by atoms with E-state index < -0.39 is 10.0 Å². The Morgan fingerprint density at radius 1 is 1.24 bits per heavy atom. The van der Waals surface area contributed by atoms with Crippen LogP contribution in [0.25, 0.3) is 0 Å². The van der Waals surface area contributed by atoms with E-state index in [1.807, 2.05) is 37.3 Å². The molecule has 5 nitrogen and oxygen atoms in total. The van der Waals surface area contributed by atoms with Crippen molar-refractivity contribution >= 4 is 10.0 Å². The molecule has 0 aliphatic heterocycles. The maximum absolute atomic E-state index is 12.4. The summed E-state index contributed by atoms with van der Waals surface area (Å²) in [5.41, 5.74) is 1.51. The maximum atomic E-state index is 12.4. The molecule has 2 rings (SSSR count). The Bertz CT molecular complexity index is 673. The third-order valence-electron chi connectivity index (χ3n) is 3.52. The average Bonchev–Trinajstić information content (AvgIpc) is 2.80. The van der Waals surface area contributed by atoms with Crippen molar-refractivity contribution in [1.82, 2.24) is 9.88 Å². The van der Waals surface area contributed by atoms with Crippen molar-refractivity contribution in [3.05, 3.63) is 47.3 Å². The summed E-state index contributed by atoms with van der Waals surface area (Å²) in [6, 6.07) is 9.89. The van der Waals surface area contributed by atoms with Crippen LogP contribution in [0, 0.1) is 13.8 Å². The molecule has 0 radical (unpaired) electrons. The van der Waals surface area contributed by atoms with Gasteiger partial charge in [-0.15, -0.1) is 0 Å². The molecule has 1 aromatic heterocycles. The number of nitrogens with zero attached hydrogens (tertiary/aromatic N) is 1. The summed E-state index contributed by atoms with van der Waals surface area (Å²) < 4.78 is 32.3. The second-order valence-corrected chi connectivity index (χ2v) is 6.72. The minimum Gasteiger partial charge on any atom is -0.360 e. The van der Waals surface area contributed by atoms with Gasteiger partial charge < -0.3 is 4.52 Å². The lowest BCUT2D eigenvalue weighted by Gasteiger charge is -2.16. The van der Waals surface area contributed by atoms with E-state index in [9.17, 15) is 8.42 Å². The second-order valence-electron chi connectivity index (χ2n) is 5.02. The molecule has 0 fully saturated rings. The van der Waals surface area contributed by atoms with Crippen LogP contribution in [-0.2, 0) is 10.0 Å². The molecule has 0 amide bonds. The highest BCUT2D eigenvalue weighted by molar-refractivity contribution is 7.89. The van der Waals surface area contributed by atoms with Crippen LogP contribution >= 0.6 is 0 Å². The Labute approximate surface area is 125 Å². The highest BCUT2D eigenvalue weighted by atomic mass is 32.2. The van der Waals surface area contributed by atoms with Gasteiger partial charge in [-0.3, -0.25) is 0 Å². The van der Waals surface area contributed by atoms with E-state index >= 15 is 0 Å². The number of hydrogen-bond donors (Lipinski definition) is 1. The fraction of sp³-hybridized carbons (Fsp3) is 0.400. The molecule has 0 spiro atoms. The van der Waals surface area contributed by atoms with Gasteiger partial charge in [-0.1, -0.05) is 42.4 Å². The molecule has 0 saturated heterocycles. The van der Waals surface area contributed by atoms with E-state index in [4.69, 9.17) is 4.52 Å². The summed E-state index contributed by atoms with van der Waals surface area (Å²) >= 11 is 0. The van der Waals surface area contributed by atoms with E-state index in [-0.39, 0.29) is 10.8 Å². The van der Waals surface area contributed by atoms with E-state index in [1.54, 1.807) is 13.8 Å². The molecule has 0 aliphatic carbocycles. The van der Waals surface area contributed by atoms with Crippen molar-refractivity contribution < 1.29 is 12.9 Å². The number of aryl methyl sites for hydroxylation is 2. The predicted octanol–water partition coefficient (Wildman–Crippen LogP) is 2.76. The molecule has 6 heteroatoms. The number of nitrogens with one attached hydrogen (secondary N) is 1. The zero-order valence-corrected chi connectivity index (χ0v) is 13.3. The zero-order chi connectivity index (χ0) is 15.5. The minimum absolute atomic E-state index is 0.140. The molecule has 114 valence electrons. The van der Waals surface area contributed by atoms with Crippen LogP contribution < -0.4 is 4.72 Å². The molecule has 21 heavy (non-hydrogen) atoms. The maximum Gasteiger partial charge on any atom is 0.245 e. The Kier molecular flexibility index (Phi) is 4.80. The largest absolute Gasteiger partial charge is 0.360 e. The van der Waals surface area contributed by atoms with Crippen molar-refractivity contribution in [1.29, 1.82) is 0 Å². The second kappa shape index (κ2) is 6.41. The number of hydrogen-bond acceptors (Lipinski definition) is 4. The highest BCUT2D eigenvalue weighted by Gasteiger charge is 2.24. The standard InChI is InChI=1S/C15H20N2O3S/c1-4-13(14-8-6-5-7-9-14)10-16-21(18,19)15-11(2)17-20-12(15)3/h5-9,13,16H,4,10H2,1-3H3. The van der Waals surface area contributed by atoms with Crippen LogP contribution in [0.1, 0.15) is 36.3 Å². The quantitative estimate of drug-likeness (QED) is 0.890. The summed E-state index contributed by atoms with van der Waals surface area (Å²) in [4.78, 5) is 0.144. The van der Waals surface area contributed by atoms with Gasteiger partial charge in [-0.2, -0.15) is 0 Å². The first-order valence-corrected chi connectivity index (χ1v) is 8.41. The molecule has 2 aromatic rings. The Hall–Kier alpha value is -1.66. The van der Waals surface area contributed by atoms with Gasteiger partial charge in [0, 0.05) is 6.54 Å². The van der Waals surface area contributed by atoms with Crippen molar-refractivity contribution in [2.45, 2.75) is 38.0 Å². The first-order valence-electron chi connectivity index (χ1n) is 6.93. The molecular weight excluding hydrogens is 288 g/mol. The summed E-state index contributed by atoms with van der Waals surface area (Å²) in [5, 5.41) is 3.69. The first-order chi connectivity index (χ1) is 9.95. The van der Waals surface area contributed by atoms with E-state index in [0.29, 0.717) is 18.0 Å². The van der Waals surface area contributed by atoms with E-state index in [2.05, 4.69) is 9.88 Å². The molecule has 1 atom stereocenters. The monoisotopic (exact) mass is 308 g/mol. The van der Waals surface area contributed by atoms with E-state index in [1.165, 1.54) is 0 Å². The lowest BCUT2D eigenvalue weighted by molar-refractivity contribution is 0.390. The smallest absolute Gasteiger partial charge is 0.245 e. The van der Waals surface area contributed by atoms with Gasteiger partial charge >= 0.3 is 0 Å².